The first-order chi connectivity index (χ1) is 5.43. The maximum absolute atomic E-state index is 9.84. The van der Waals surface area contributed by atoms with E-state index in [-0.39, 0.29) is 16.9 Å². The molecule has 0 radical (unpaired) electrons. The molecule has 0 bridgehead atoms. The highest BCUT2D eigenvalue weighted by Gasteiger charge is 2.37. The molecule has 1 nitrogen and oxygen atoms in total. The molecule has 1 aliphatic carbocycles. The van der Waals surface area contributed by atoms with Gasteiger partial charge in [-0.05, 0) is 24.2 Å². The lowest BCUT2D eigenvalue weighted by atomic mass is 9.70. The van der Waals surface area contributed by atoms with Crippen LogP contribution < -0.4 is 0 Å². The fourth-order valence-electron chi connectivity index (χ4n) is 2.07. The summed E-state index contributed by atoms with van der Waals surface area (Å²) in [5.41, 5.74) is 0.187. The Balaban J connectivity index is 2.64. The van der Waals surface area contributed by atoms with E-state index in [1.165, 1.54) is 0 Å². The number of hydrogen-bond acceptors (Lipinski definition) is 1. The second kappa shape index (κ2) is 3.55. The van der Waals surface area contributed by atoms with Crippen molar-refractivity contribution in [3.05, 3.63) is 0 Å². The van der Waals surface area contributed by atoms with Gasteiger partial charge in [0.25, 0.3) is 0 Å². The van der Waals surface area contributed by atoms with Crippen LogP contribution in [0.4, 0.5) is 0 Å². The van der Waals surface area contributed by atoms with Gasteiger partial charge in [0.1, 0.15) is 0 Å². The second-order valence-corrected chi connectivity index (χ2v) is 5.47. The molecule has 72 valence electrons. The first kappa shape index (κ1) is 10.3. The third kappa shape index (κ3) is 2.14. The zero-order valence-corrected chi connectivity index (χ0v) is 8.93. The van der Waals surface area contributed by atoms with Crippen molar-refractivity contribution in [3.63, 3.8) is 0 Å². The molecule has 0 aliphatic heterocycles. The summed E-state index contributed by atoms with van der Waals surface area (Å²) in [4.78, 5) is 0. The normalized spacial score (nSPS) is 38.2. The van der Waals surface area contributed by atoms with E-state index in [2.05, 4.69) is 20.8 Å². The van der Waals surface area contributed by atoms with Gasteiger partial charge in [-0.2, -0.15) is 0 Å². The van der Waals surface area contributed by atoms with E-state index >= 15 is 0 Å². The summed E-state index contributed by atoms with van der Waals surface area (Å²) in [6.45, 7) is 6.53. The van der Waals surface area contributed by atoms with Gasteiger partial charge < -0.3 is 5.11 Å². The molecule has 0 saturated heterocycles. The van der Waals surface area contributed by atoms with E-state index in [1.54, 1.807) is 0 Å². The van der Waals surface area contributed by atoms with Crippen LogP contribution in [0.1, 0.15) is 40.0 Å². The third-order valence-corrected chi connectivity index (χ3v) is 3.37. The molecule has 1 saturated carbocycles. The molecular formula is C10H19ClO. The van der Waals surface area contributed by atoms with Crippen molar-refractivity contribution < 1.29 is 5.11 Å². The zero-order valence-electron chi connectivity index (χ0n) is 8.18. The second-order valence-electron chi connectivity index (χ2n) is 4.91. The van der Waals surface area contributed by atoms with Crippen molar-refractivity contribution in [3.8, 4) is 0 Å². The quantitative estimate of drug-likeness (QED) is 0.583. The summed E-state index contributed by atoms with van der Waals surface area (Å²) in [6, 6.07) is 0. The summed E-state index contributed by atoms with van der Waals surface area (Å²) < 4.78 is 0. The summed E-state index contributed by atoms with van der Waals surface area (Å²) in [7, 11) is 0. The van der Waals surface area contributed by atoms with E-state index in [0.717, 1.165) is 19.3 Å². The summed E-state index contributed by atoms with van der Waals surface area (Å²) in [5, 5.41) is 9.82. The van der Waals surface area contributed by atoms with Gasteiger partial charge in [-0.25, -0.2) is 0 Å². The van der Waals surface area contributed by atoms with Crippen molar-refractivity contribution in [1.29, 1.82) is 0 Å². The molecule has 2 heteroatoms. The van der Waals surface area contributed by atoms with Gasteiger partial charge in [0, 0.05) is 0 Å². The Hall–Kier alpha value is 0.250. The molecule has 12 heavy (non-hydrogen) atoms. The highest BCUT2D eigenvalue weighted by atomic mass is 35.5. The Morgan fingerprint density at radius 2 is 1.83 bits per heavy atom. The van der Waals surface area contributed by atoms with Crippen LogP contribution in [0.25, 0.3) is 0 Å². The van der Waals surface area contributed by atoms with Gasteiger partial charge in [-0.15, -0.1) is 11.6 Å². The van der Waals surface area contributed by atoms with Crippen molar-refractivity contribution in [2.24, 2.45) is 11.3 Å². The van der Waals surface area contributed by atoms with Crippen LogP contribution in [0.2, 0.25) is 0 Å². The van der Waals surface area contributed by atoms with Crippen LogP contribution in [-0.4, -0.2) is 16.6 Å². The molecule has 3 unspecified atom stereocenters. The minimum absolute atomic E-state index is 0.0250. The van der Waals surface area contributed by atoms with Crippen LogP contribution >= 0.6 is 11.6 Å². The molecule has 1 N–H and O–H groups in total. The number of aliphatic hydroxyl groups is 1. The van der Waals surface area contributed by atoms with Gasteiger partial charge in [0.05, 0.1) is 11.5 Å². The third-order valence-electron chi connectivity index (χ3n) is 2.89. The van der Waals surface area contributed by atoms with Gasteiger partial charge in [0.15, 0.2) is 0 Å². The minimum atomic E-state index is -0.305. The number of hydrogen-bond donors (Lipinski definition) is 1. The lowest BCUT2D eigenvalue weighted by molar-refractivity contribution is 0.0137. The molecule has 0 aromatic heterocycles. The van der Waals surface area contributed by atoms with Crippen molar-refractivity contribution in [2.75, 3.05) is 0 Å². The maximum Gasteiger partial charge on any atom is 0.0736 e. The Morgan fingerprint density at radius 1 is 1.25 bits per heavy atom. The van der Waals surface area contributed by atoms with Gasteiger partial charge in [-0.3, -0.25) is 0 Å². The predicted octanol–water partition coefficient (Wildman–Crippen LogP) is 2.80. The predicted molar refractivity (Wildman–Crippen MR) is 52.4 cm³/mol. The van der Waals surface area contributed by atoms with Crippen LogP contribution in [0.15, 0.2) is 0 Å². The lowest BCUT2D eigenvalue weighted by Gasteiger charge is -2.40. The van der Waals surface area contributed by atoms with E-state index in [1.807, 2.05) is 0 Å². The van der Waals surface area contributed by atoms with E-state index in [9.17, 15) is 5.11 Å². The summed E-state index contributed by atoms with van der Waals surface area (Å²) in [5.74, 6) is 0.369. The summed E-state index contributed by atoms with van der Waals surface area (Å²) in [6.07, 6.45) is 2.94. The fraction of sp³-hybridized carbons (Fsp3) is 1.00. The number of aliphatic hydroxyl groups excluding tert-OH is 1. The Labute approximate surface area is 80.1 Å². The van der Waals surface area contributed by atoms with Crippen molar-refractivity contribution in [1.82, 2.24) is 0 Å². The SMILES string of the molecule is CC(C)(C)C1CCCC(Cl)C1O. The molecule has 1 aliphatic rings. The highest BCUT2D eigenvalue weighted by molar-refractivity contribution is 6.21. The Kier molecular flexibility index (Phi) is 3.06. The van der Waals surface area contributed by atoms with Crippen LogP contribution in [0.3, 0.4) is 0 Å². The van der Waals surface area contributed by atoms with Crippen LogP contribution in [0, 0.1) is 11.3 Å². The topological polar surface area (TPSA) is 20.2 Å². The van der Waals surface area contributed by atoms with Crippen molar-refractivity contribution >= 4 is 11.6 Å². The standard InChI is InChI=1S/C10H19ClO/c1-10(2,3)7-5-4-6-8(11)9(7)12/h7-9,12H,4-6H2,1-3H3. The summed E-state index contributed by atoms with van der Waals surface area (Å²) >= 11 is 6.02. The highest BCUT2D eigenvalue weighted by Crippen LogP contribution is 2.39. The van der Waals surface area contributed by atoms with E-state index in [0.29, 0.717) is 5.92 Å². The molecular weight excluding hydrogens is 172 g/mol. The average molecular weight is 191 g/mol. The Bertz CT molecular complexity index is 150. The smallest absolute Gasteiger partial charge is 0.0736 e. The molecule has 0 spiro atoms. The van der Waals surface area contributed by atoms with Gasteiger partial charge >= 0.3 is 0 Å². The molecule has 0 amide bonds. The first-order valence-corrected chi connectivity index (χ1v) is 5.18. The molecule has 0 aromatic rings. The van der Waals surface area contributed by atoms with Crippen LogP contribution in [-0.2, 0) is 0 Å². The monoisotopic (exact) mass is 190 g/mol. The first-order valence-electron chi connectivity index (χ1n) is 4.75. The molecule has 0 aromatic carbocycles. The lowest BCUT2D eigenvalue weighted by Crippen LogP contribution is -2.41. The largest absolute Gasteiger partial charge is 0.391 e. The van der Waals surface area contributed by atoms with E-state index < -0.39 is 0 Å². The average Bonchev–Trinajstić information content (AvgIpc) is 1.92. The molecule has 1 rings (SSSR count). The maximum atomic E-state index is 9.84. The van der Waals surface area contributed by atoms with Gasteiger partial charge in [-0.1, -0.05) is 27.2 Å². The molecule has 0 heterocycles. The van der Waals surface area contributed by atoms with E-state index in [4.69, 9.17) is 11.6 Å². The fourth-order valence-corrected chi connectivity index (χ4v) is 2.40. The minimum Gasteiger partial charge on any atom is -0.391 e. The number of halogens is 1. The van der Waals surface area contributed by atoms with Gasteiger partial charge in [0.2, 0.25) is 0 Å². The number of rotatable bonds is 0. The van der Waals surface area contributed by atoms with Crippen LogP contribution in [0.5, 0.6) is 0 Å². The molecule has 1 fully saturated rings. The Morgan fingerprint density at radius 3 is 2.25 bits per heavy atom. The van der Waals surface area contributed by atoms with Crippen molar-refractivity contribution in [2.45, 2.75) is 51.5 Å². The number of alkyl halides is 1. The zero-order chi connectivity index (χ0) is 9.35. The molecule has 3 atom stereocenters.